The highest BCUT2D eigenvalue weighted by Gasteiger charge is 2.50. The molecule has 232 valence electrons. The Hall–Kier alpha value is -2.40. The zero-order chi connectivity index (χ0) is 29.8. The fourth-order valence-corrected chi connectivity index (χ4v) is 7.30. The van der Waals surface area contributed by atoms with Crippen molar-refractivity contribution in [3.05, 3.63) is 35.5 Å². The van der Waals surface area contributed by atoms with Crippen molar-refractivity contribution in [2.75, 3.05) is 32.7 Å². The topological polar surface area (TPSA) is 77.7 Å². The molecule has 2 unspecified atom stereocenters. The van der Waals surface area contributed by atoms with Crippen LogP contribution >= 0.6 is 0 Å². The summed E-state index contributed by atoms with van der Waals surface area (Å²) < 4.78 is 49.6. The number of hydrogen-bond donors (Lipinski definition) is 1. The van der Waals surface area contributed by atoms with E-state index in [1.165, 1.54) is 5.57 Å². The molecular formula is C31H45F3N6O2. The molecule has 2 amide bonds. The first-order valence-corrected chi connectivity index (χ1v) is 15.7. The molecule has 6 atom stereocenters. The lowest BCUT2D eigenvalue weighted by molar-refractivity contribution is -0.0911. The van der Waals surface area contributed by atoms with Crippen molar-refractivity contribution in [3.8, 4) is 0 Å². The Kier molecular flexibility index (Phi) is 7.96. The van der Waals surface area contributed by atoms with Crippen LogP contribution in [0.5, 0.6) is 0 Å². The number of amides is 2. The molecule has 4 fully saturated rings. The lowest BCUT2D eigenvalue weighted by atomic mass is 9.79. The largest absolute Gasteiger partial charge is 0.339 e. The number of allylic oxidation sites excluding steroid dienone is 2. The van der Waals surface area contributed by atoms with Crippen molar-refractivity contribution in [3.63, 3.8) is 0 Å². The molecule has 3 heterocycles. The minimum absolute atomic E-state index is 0.204. The SMILES string of the molecule is CC(C)N1C[C@H](C)N(CC2CCCC(F)(F)[C@@H]2NC(=O)N2CCC(C)(c3noc([C@@H]4C[C@@H]4F)n3)CC2)CC1C1=CC=C1. The standard InChI is InChI=1S/C31H45F3N6O2/c1-19(2)40-16-20(3)39(18-25(40)21-7-5-8-21)17-22-9-6-10-31(33,34)26(22)35-29(41)38-13-11-30(4,12-14-38)28-36-27(42-37-28)23-15-24(23)32/h5,7-8,19-20,22-26H,6,9-18H2,1-4H3,(H,35,41)/t20-,22?,23+,24-,25?,26+/m0/s1. The molecule has 6 rings (SSSR count). The number of halogens is 3. The van der Waals surface area contributed by atoms with E-state index < -0.39 is 29.6 Å². The number of urea groups is 1. The maximum absolute atomic E-state index is 15.4. The van der Waals surface area contributed by atoms with Crippen LogP contribution in [0.1, 0.15) is 83.9 Å². The zero-order valence-corrected chi connectivity index (χ0v) is 25.2. The predicted molar refractivity (Wildman–Crippen MR) is 153 cm³/mol. The van der Waals surface area contributed by atoms with E-state index in [1.54, 1.807) is 4.90 Å². The van der Waals surface area contributed by atoms with Crippen molar-refractivity contribution in [1.82, 2.24) is 30.2 Å². The Balaban J connectivity index is 1.09. The Bertz CT molecular complexity index is 1210. The molecule has 2 aliphatic heterocycles. The Morgan fingerprint density at radius 3 is 2.55 bits per heavy atom. The van der Waals surface area contributed by atoms with E-state index in [0.29, 0.717) is 69.5 Å². The van der Waals surface area contributed by atoms with Gasteiger partial charge in [0.25, 0.3) is 5.92 Å². The normalized spacial score (nSPS) is 34.7. The number of rotatable bonds is 7. The predicted octanol–water partition coefficient (Wildman–Crippen LogP) is 5.04. The number of nitrogens with one attached hydrogen (secondary N) is 1. The molecule has 0 bridgehead atoms. The van der Waals surface area contributed by atoms with Crippen LogP contribution < -0.4 is 5.32 Å². The highest BCUT2D eigenvalue weighted by atomic mass is 19.3. The number of carbonyl (C=O) groups is 1. The molecule has 0 aromatic carbocycles. The van der Waals surface area contributed by atoms with Crippen LogP contribution in [0.3, 0.4) is 0 Å². The lowest BCUT2D eigenvalue weighted by Gasteiger charge is -2.50. The molecule has 8 nitrogen and oxygen atoms in total. The Morgan fingerprint density at radius 2 is 1.93 bits per heavy atom. The third-order valence-electron chi connectivity index (χ3n) is 10.5. The van der Waals surface area contributed by atoms with Crippen molar-refractivity contribution in [2.24, 2.45) is 5.92 Å². The van der Waals surface area contributed by atoms with Gasteiger partial charge in [0, 0.05) is 62.7 Å². The molecular weight excluding hydrogens is 545 g/mol. The molecule has 5 aliphatic rings. The molecule has 11 heteroatoms. The van der Waals surface area contributed by atoms with E-state index in [1.807, 2.05) is 6.92 Å². The monoisotopic (exact) mass is 590 g/mol. The van der Waals surface area contributed by atoms with Crippen LogP contribution in [0.25, 0.3) is 0 Å². The summed E-state index contributed by atoms with van der Waals surface area (Å²) in [5, 5.41) is 6.92. The van der Waals surface area contributed by atoms with Gasteiger partial charge in [-0.25, -0.2) is 18.0 Å². The smallest absolute Gasteiger partial charge is 0.317 e. The summed E-state index contributed by atoms with van der Waals surface area (Å²) in [6, 6.07) is -0.739. The number of alkyl halides is 3. The Morgan fingerprint density at radius 1 is 1.21 bits per heavy atom. The highest BCUT2D eigenvalue weighted by molar-refractivity contribution is 5.75. The average molecular weight is 591 g/mol. The van der Waals surface area contributed by atoms with Crippen molar-refractivity contribution in [1.29, 1.82) is 0 Å². The number of likely N-dealkylation sites (tertiary alicyclic amines) is 1. The molecule has 2 saturated heterocycles. The zero-order valence-electron chi connectivity index (χ0n) is 25.2. The van der Waals surface area contributed by atoms with Gasteiger partial charge in [-0.1, -0.05) is 30.3 Å². The summed E-state index contributed by atoms with van der Waals surface area (Å²) in [6.45, 7) is 11.7. The van der Waals surface area contributed by atoms with E-state index in [9.17, 15) is 9.18 Å². The van der Waals surface area contributed by atoms with Crippen LogP contribution in [0, 0.1) is 5.92 Å². The Labute approximate surface area is 246 Å². The number of carbonyl (C=O) groups excluding carboxylic acids is 1. The molecule has 0 spiro atoms. The second-order valence-electron chi connectivity index (χ2n) is 13.8. The van der Waals surface area contributed by atoms with Crippen LogP contribution in [-0.2, 0) is 5.41 Å². The fraction of sp³-hybridized carbons (Fsp3) is 0.774. The molecule has 3 aliphatic carbocycles. The minimum atomic E-state index is -2.96. The maximum Gasteiger partial charge on any atom is 0.317 e. The first-order valence-electron chi connectivity index (χ1n) is 15.7. The maximum atomic E-state index is 15.4. The van der Waals surface area contributed by atoms with Crippen molar-refractivity contribution >= 4 is 6.03 Å². The fourth-order valence-electron chi connectivity index (χ4n) is 7.30. The van der Waals surface area contributed by atoms with Crippen molar-refractivity contribution < 1.29 is 22.5 Å². The molecule has 2 saturated carbocycles. The number of piperazine rings is 1. The van der Waals surface area contributed by atoms with Gasteiger partial charge in [-0.05, 0) is 64.4 Å². The molecule has 1 N–H and O–H groups in total. The van der Waals surface area contributed by atoms with Gasteiger partial charge in [0.05, 0.1) is 12.0 Å². The highest BCUT2D eigenvalue weighted by Crippen LogP contribution is 2.44. The van der Waals surface area contributed by atoms with E-state index in [0.717, 1.165) is 13.1 Å². The van der Waals surface area contributed by atoms with Gasteiger partial charge in [-0.2, -0.15) is 4.98 Å². The van der Waals surface area contributed by atoms with Gasteiger partial charge >= 0.3 is 6.03 Å². The first-order chi connectivity index (χ1) is 19.9. The van der Waals surface area contributed by atoms with Crippen molar-refractivity contribution in [2.45, 2.75) is 114 Å². The van der Waals surface area contributed by atoms with Gasteiger partial charge in [0.2, 0.25) is 5.89 Å². The van der Waals surface area contributed by atoms with E-state index in [2.05, 4.69) is 64.3 Å². The quantitative estimate of drug-likeness (QED) is 0.480. The molecule has 42 heavy (non-hydrogen) atoms. The number of aromatic nitrogens is 2. The summed E-state index contributed by atoms with van der Waals surface area (Å²) in [4.78, 5) is 24.4. The average Bonchev–Trinajstić information content (AvgIpc) is 3.42. The van der Waals surface area contributed by atoms with E-state index in [4.69, 9.17) is 4.52 Å². The summed E-state index contributed by atoms with van der Waals surface area (Å²) in [5.41, 5.74) is 0.889. The van der Waals surface area contributed by atoms with Crippen LogP contribution in [0.2, 0.25) is 0 Å². The number of piperidine rings is 1. The summed E-state index contributed by atoms with van der Waals surface area (Å²) in [6.07, 6.45) is 7.95. The van der Waals surface area contributed by atoms with Gasteiger partial charge in [-0.15, -0.1) is 0 Å². The first kappa shape index (κ1) is 29.7. The van der Waals surface area contributed by atoms with Crippen LogP contribution in [0.4, 0.5) is 18.0 Å². The second-order valence-corrected chi connectivity index (χ2v) is 13.8. The van der Waals surface area contributed by atoms with Crippen LogP contribution in [0.15, 0.2) is 28.3 Å². The number of nitrogens with zero attached hydrogens (tertiary/aromatic N) is 5. The summed E-state index contributed by atoms with van der Waals surface area (Å²) in [7, 11) is 0. The summed E-state index contributed by atoms with van der Waals surface area (Å²) in [5.74, 6) is -2.70. The minimum Gasteiger partial charge on any atom is -0.339 e. The van der Waals surface area contributed by atoms with Gasteiger partial charge in [-0.3, -0.25) is 9.80 Å². The molecule has 1 aromatic heterocycles. The van der Waals surface area contributed by atoms with E-state index >= 15 is 8.78 Å². The second kappa shape index (κ2) is 11.3. The molecule has 1 aromatic rings. The third-order valence-corrected chi connectivity index (χ3v) is 10.5. The summed E-state index contributed by atoms with van der Waals surface area (Å²) >= 11 is 0. The van der Waals surface area contributed by atoms with Gasteiger partial charge in [0.1, 0.15) is 6.17 Å². The third kappa shape index (κ3) is 5.75. The van der Waals surface area contributed by atoms with Crippen LogP contribution in [-0.4, -0.2) is 99.9 Å². The van der Waals surface area contributed by atoms with Gasteiger partial charge in [0.15, 0.2) is 5.82 Å². The molecule has 0 radical (unpaired) electrons. The number of hydrogen-bond acceptors (Lipinski definition) is 6. The van der Waals surface area contributed by atoms with E-state index in [-0.39, 0.29) is 30.3 Å². The lowest BCUT2D eigenvalue weighted by Crippen LogP contribution is -2.63. The van der Waals surface area contributed by atoms with Gasteiger partial charge < -0.3 is 14.7 Å².